The van der Waals surface area contributed by atoms with Crippen molar-refractivity contribution in [3.05, 3.63) is 22.2 Å². The Hall–Kier alpha value is -0.740. The number of rotatable bonds is 7. The molecule has 112 valence electrons. The lowest BCUT2D eigenvalue weighted by molar-refractivity contribution is 0.292. The number of benzene rings is 1. The van der Waals surface area contributed by atoms with Gasteiger partial charge >= 0.3 is 0 Å². The van der Waals surface area contributed by atoms with Gasteiger partial charge in [-0.05, 0) is 52.9 Å². The minimum absolute atomic E-state index is 0.677. The molecule has 1 aromatic rings. The monoisotopic (exact) mass is 341 g/mol. The summed E-state index contributed by atoms with van der Waals surface area (Å²) in [4.78, 5) is 0. The van der Waals surface area contributed by atoms with E-state index in [-0.39, 0.29) is 0 Å². The Labute approximate surface area is 130 Å². The molecule has 0 radical (unpaired) electrons. The van der Waals surface area contributed by atoms with Crippen molar-refractivity contribution in [3.8, 4) is 11.5 Å². The zero-order valence-corrected chi connectivity index (χ0v) is 14.0. The number of nitrogens with one attached hydrogen (secondary N) is 1. The van der Waals surface area contributed by atoms with Crippen LogP contribution in [-0.2, 0) is 6.54 Å². The number of methoxy groups -OCH3 is 1. The maximum Gasteiger partial charge on any atom is 0.175 e. The lowest BCUT2D eigenvalue weighted by Gasteiger charge is -2.16. The Bertz CT molecular complexity index is 431. The first-order valence-electron chi connectivity index (χ1n) is 7.47. The highest BCUT2D eigenvalue weighted by atomic mass is 79.9. The lowest BCUT2D eigenvalue weighted by atomic mass is 10.1. The molecule has 1 saturated carbocycles. The fraction of sp³-hybridized carbons (Fsp3) is 0.625. The van der Waals surface area contributed by atoms with Gasteiger partial charge in [-0.25, -0.2) is 0 Å². The third kappa shape index (κ3) is 4.13. The molecular weight excluding hydrogens is 318 g/mol. The minimum atomic E-state index is 0.677. The molecule has 1 aliphatic carbocycles. The van der Waals surface area contributed by atoms with Crippen molar-refractivity contribution in [1.29, 1.82) is 0 Å². The summed E-state index contributed by atoms with van der Waals surface area (Å²) in [6, 6.07) is 4.86. The number of halogens is 1. The minimum Gasteiger partial charge on any atom is -0.493 e. The van der Waals surface area contributed by atoms with E-state index in [0.717, 1.165) is 28.9 Å². The topological polar surface area (TPSA) is 30.5 Å². The van der Waals surface area contributed by atoms with Crippen molar-refractivity contribution < 1.29 is 9.47 Å². The van der Waals surface area contributed by atoms with Gasteiger partial charge < -0.3 is 14.8 Å². The predicted octanol–water partition coefficient (Wildman–Crippen LogP) is 4.28. The second-order valence-corrected chi connectivity index (χ2v) is 6.17. The van der Waals surface area contributed by atoms with Gasteiger partial charge in [-0.2, -0.15) is 0 Å². The van der Waals surface area contributed by atoms with E-state index in [1.54, 1.807) is 7.11 Å². The summed E-state index contributed by atoms with van der Waals surface area (Å²) in [6.07, 6.45) is 6.30. The molecule has 0 heterocycles. The molecule has 0 amide bonds. The van der Waals surface area contributed by atoms with Gasteiger partial charge in [0.2, 0.25) is 0 Å². The van der Waals surface area contributed by atoms with Crippen LogP contribution in [0.5, 0.6) is 11.5 Å². The molecule has 0 aliphatic heterocycles. The normalized spacial score (nSPS) is 15.6. The Balaban J connectivity index is 2.04. The predicted molar refractivity (Wildman–Crippen MR) is 85.6 cm³/mol. The van der Waals surface area contributed by atoms with Crippen molar-refractivity contribution in [2.24, 2.45) is 0 Å². The van der Waals surface area contributed by atoms with E-state index in [0.29, 0.717) is 12.6 Å². The van der Waals surface area contributed by atoms with Gasteiger partial charge in [-0.3, -0.25) is 0 Å². The maximum absolute atomic E-state index is 5.75. The van der Waals surface area contributed by atoms with Crippen molar-refractivity contribution in [2.45, 2.75) is 51.6 Å². The number of ether oxygens (including phenoxy) is 2. The van der Waals surface area contributed by atoms with Crippen molar-refractivity contribution in [3.63, 3.8) is 0 Å². The molecule has 0 bridgehead atoms. The van der Waals surface area contributed by atoms with Gasteiger partial charge in [0.1, 0.15) is 0 Å². The first-order chi connectivity index (χ1) is 9.74. The molecule has 1 aromatic carbocycles. The second kappa shape index (κ2) is 7.89. The number of hydrogen-bond acceptors (Lipinski definition) is 3. The summed E-state index contributed by atoms with van der Waals surface area (Å²) in [5, 5.41) is 3.62. The average molecular weight is 342 g/mol. The molecule has 0 atom stereocenters. The molecule has 0 spiro atoms. The zero-order valence-electron chi connectivity index (χ0n) is 12.4. The molecule has 2 rings (SSSR count). The Morgan fingerprint density at radius 3 is 2.70 bits per heavy atom. The maximum atomic E-state index is 5.75. The van der Waals surface area contributed by atoms with Crippen LogP contribution in [0.4, 0.5) is 0 Å². The molecule has 0 saturated heterocycles. The second-order valence-electron chi connectivity index (χ2n) is 5.32. The summed E-state index contributed by atoms with van der Waals surface area (Å²) in [5.41, 5.74) is 1.23. The van der Waals surface area contributed by atoms with Crippen LogP contribution in [0.25, 0.3) is 0 Å². The summed E-state index contributed by atoms with van der Waals surface area (Å²) in [5.74, 6) is 1.61. The fourth-order valence-electron chi connectivity index (χ4n) is 2.61. The Morgan fingerprint density at radius 2 is 2.05 bits per heavy atom. The van der Waals surface area contributed by atoms with E-state index in [4.69, 9.17) is 9.47 Å². The molecular formula is C16H24BrNO2. The third-order valence-corrected chi connectivity index (χ3v) is 4.28. The van der Waals surface area contributed by atoms with Crippen LogP contribution in [0, 0.1) is 0 Å². The van der Waals surface area contributed by atoms with Gasteiger partial charge in [0.25, 0.3) is 0 Å². The highest BCUT2D eigenvalue weighted by Gasteiger charge is 2.15. The van der Waals surface area contributed by atoms with Crippen LogP contribution in [0.15, 0.2) is 16.6 Å². The van der Waals surface area contributed by atoms with Crippen LogP contribution in [0.1, 0.15) is 44.6 Å². The molecule has 0 aromatic heterocycles. The highest BCUT2D eigenvalue weighted by Crippen LogP contribution is 2.36. The summed E-state index contributed by atoms with van der Waals surface area (Å²) in [7, 11) is 1.69. The van der Waals surface area contributed by atoms with E-state index < -0.39 is 0 Å². The van der Waals surface area contributed by atoms with Crippen molar-refractivity contribution in [1.82, 2.24) is 5.32 Å². The molecule has 0 unspecified atom stereocenters. The summed E-state index contributed by atoms with van der Waals surface area (Å²) < 4.78 is 12.2. The number of hydrogen-bond donors (Lipinski definition) is 1. The molecule has 1 N–H and O–H groups in total. The molecule has 1 fully saturated rings. The lowest BCUT2D eigenvalue weighted by Crippen LogP contribution is -2.25. The largest absolute Gasteiger partial charge is 0.493 e. The van der Waals surface area contributed by atoms with E-state index in [1.165, 1.54) is 31.2 Å². The van der Waals surface area contributed by atoms with E-state index in [9.17, 15) is 0 Å². The van der Waals surface area contributed by atoms with E-state index >= 15 is 0 Å². The van der Waals surface area contributed by atoms with Gasteiger partial charge in [-0.15, -0.1) is 0 Å². The first kappa shape index (κ1) is 15.6. The van der Waals surface area contributed by atoms with Crippen LogP contribution < -0.4 is 14.8 Å². The standard InChI is InChI=1S/C16H24BrNO2/c1-3-8-20-16-14(17)9-12(10-15(16)19-2)11-18-13-6-4-5-7-13/h9-10,13,18H,3-8,11H2,1-2H3. The van der Waals surface area contributed by atoms with Crippen LogP contribution >= 0.6 is 15.9 Å². The van der Waals surface area contributed by atoms with Crippen LogP contribution in [0.2, 0.25) is 0 Å². The van der Waals surface area contributed by atoms with E-state index in [1.807, 2.05) is 0 Å². The zero-order chi connectivity index (χ0) is 14.4. The smallest absolute Gasteiger partial charge is 0.175 e. The third-order valence-electron chi connectivity index (χ3n) is 3.69. The molecule has 4 heteroatoms. The SMILES string of the molecule is CCCOc1c(Br)cc(CNC2CCCC2)cc1OC. The van der Waals surface area contributed by atoms with Gasteiger partial charge in [-0.1, -0.05) is 19.8 Å². The van der Waals surface area contributed by atoms with E-state index in [2.05, 4.69) is 40.3 Å². The molecule has 1 aliphatic rings. The van der Waals surface area contributed by atoms with Crippen LogP contribution in [0.3, 0.4) is 0 Å². The molecule has 20 heavy (non-hydrogen) atoms. The summed E-state index contributed by atoms with van der Waals surface area (Å²) in [6.45, 7) is 3.68. The van der Waals surface area contributed by atoms with Crippen LogP contribution in [-0.4, -0.2) is 19.8 Å². The summed E-state index contributed by atoms with van der Waals surface area (Å²) >= 11 is 3.59. The van der Waals surface area contributed by atoms with Crippen molar-refractivity contribution >= 4 is 15.9 Å². The quantitative estimate of drug-likeness (QED) is 0.802. The van der Waals surface area contributed by atoms with Gasteiger partial charge in [0.05, 0.1) is 18.2 Å². The highest BCUT2D eigenvalue weighted by molar-refractivity contribution is 9.10. The van der Waals surface area contributed by atoms with Crippen molar-refractivity contribution in [2.75, 3.05) is 13.7 Å². The Kier molecular flexibility index (Phi) is 6.17. The molecule has 3 nitrogen and oxygen atoms in total. The average Bonchev–Trinajstić information content (AvgIpc) is 2.96. The first-order valence-corrected chi connectivity index (χ1v) is 8.26. The van der Waals surface area contributed by atoms with Gasteiger partial charge in [0, 0.05) is 12.6 Å². The Morgan fingerprint density at radius 1 is 1.30 bits per heavy atom. The fourth-order valence-corrected chi connectivity index (χ4v) is 3.22. The van der Waals surface area contributed by atoms with Gasteiger partial charge in [0.15, 0.2) is 11.5 Å².